The van der Waals surface area contributed by atoms with Crippen molar-refractivity contribution < 1.29 is 15.3 Å². The number of benzene rings is 1. The quantitative estimate of drug-likeness (QED) is 0.686. The minimum Gasteiger partial charge on any atom is -0.508 e. The van der Waals surface area contributed by atoms with Crippen molar-refractivity contribution in [1.29, 1.82) is 0 Å². The van der Waals surface area contributed by atoms with Crippen molar-refractivity contribution in [2.45, 2.75) is 72.3 Å². The van der Waals surface area contributed by atoms with Crippen molar-refractivity contribution in [3.8, 4) is 11.5 Å². The Balaban J connectivity index is 1.86. The summed E-state index contributed by atoms with van der Waals surface area (Å²) < 4.78 is 0. The van der Waals surface area contributed by atoms with Crippen LogP contribution in [0.2, 0.25) is 0 Å². The number of aliphatic hydroxyl groups excluding tert-OH is 1. The first-order valence-electron chi connectivity index (χ1n) is 9.84. The van der Waals surface area contributed by atoms with Crippen molar-refractivity contribution in [2.75, 3.05) is 0 Å². The molecule has 2 aliphatic rings. The van der Waals surface area contributed by atoms with Crippen LogP contribution < -0.4 is 0 Å². The van der Waals surface area contributed by atoms with Crippen LogP contribution in [0.3, 0.4) is 0 Å². The predicted octanol–water partition coefficient (Wildman–Crippen LogP) is 5.40. The summed E-state index contributed by atoms with van der Waals surface area (Å²) in [4.78, 5) is 0. The Labute approximate surface area is 152 Å². The average Bonchev–Trinajstić information content (AvgIpc) is 2.49. The van der Waals surface area contributed by atoms with Gasteiger partial charge in [0.05, 0.1) is 6.10 Å². The van der Waals surface area contributed by atoms with E-state index < -0.39 is 6.10 Å². The summed E-state index contributed by atoms with van der Waals surface area (Å²) in [6.07, 6.45) is 6.40. The van der Waals surface area contributed by atoms with Crippen LogP contribution in [-0.4, -0.2) is 15.3 Å². The van der Waals surface area contributed by atoms with Crippen LogP contribution in [0.5, 0.6) is 11.5 Å². The second kappa shape index (κ2) is 6.50. The molecule has 1 aromatic carbocycles. The number of phenolic OH excluding ortho intramolecular Hbond substituents is 2. The van der Waals surface area contributed by atoms with Gasteiger partial charge in [-0.2, -0.15) is 0 Å². The van der Waals surface area contributed by atoms with Crippen LogP contribution in [0.1, 0.15) is 77.9 Å². The molecule has 0 saturated heterocycles. The maximum atomic E-state index is 10.9. The highest BCUT2D eigenvalue weighted by Crippen LogP contribution is 2.62. The summed E-state index contributed by atoms with van der Waals surface area (Å²) in [5, 5.41) is 30.3. The van der Waals surface area contributed by atoms with E-state index in [1.54, 1.807) is 12.1 Å². The molecule has 0 aromatic heterocycles. The van der Waals surface area contributed by atoms with Gasteiger partial charge in [0.15, 0.2) is 0 Å². The van der Waals surface area contributed by atoms with Gasteiger partial charge in [-0.1, -0.05) is 40.5 Å². The SMILES string of the molecule is C[C@H]1CC[C@H]2C(C)(C)CCC[C@]2(C)[C@H]1CC(O)c1cc(O)cc(O)c1. The Morgan fingerprint density at radius 1 is 1.04 bits per heavy atom. The average molecular weight is 347 g/mol. The Hall–Kier alpha value is -1.22. The second-order valence-electron chi connectivity index (χ2n) is 9.60. The summed E-state index contributed by atoms with van der Waals surface area (Å²) in [6, 6.07) is 4.45. The molecule has 3 nitrogen and oxygen atoms in total. The number of rotatable bonds is 3. The standard InChI is InChI=1S/C22H34O3/c1-14-6-7-20-21(2,3)8-5-9-22(20,4)18(14)13-19(25)15-10-16(23)12-17(24)11-15/h10-12,14,18-20,23-25H,5-9,13H2,1-4H3/t14-,18-,19?,20-,22+/m0/s1. The smallest absolute Gasteiger partial charge is 0.119 e. The van der Waals surface area contributed by atoms with Gasteiger partial charge in [-0.3, -0.25) is 0 Å². The van der Waals surface area contributed by atoms with Crippen LogP contribution in [-0.2, 0) is 0 Å². The Kier molecular flexibility index (Phi) is 4.83. The molecule has 0 bridgehead atoms. The van der Waals surface area contributed by atoms with E-state index in [2.05, 4.69) is 27.7 Å². The number of fused-ring (bicyclic) bond motifs is 1. The monoisotopic (exact) mass is 346 g/mol. The van der Waals surface area contributed by atoms with E-state index in [1.807, 2.05) is 0 Å². The second-order valence-corrected chi connectivity index (χ2v) is 9.60. The lowest BCUT2D eigenvalue weighted by Crippen LogP contribution is -2.51. The summed E-state index contributed by atoms with van der Waals surface area (Å²) in [7, 11) is 0. The fraction of sp³-hybridized carbons (Fsp3) is 0.727. The Bertz CT molecular complexity index is 603. The number of hydrogen-bond donors (Lipinski definition) is 3. The van der Waals surface area contributed by atoms with Crippen LogP contribution in [0, 0.1) is 28.6 Å². The lowest BCUT2D eigenvalue weighted by Gasteiger charge is -2.59. The summed E-state index contributed by atoms with van der Waals surface area (Å²) >= 11 is 0. The minimum absolute atomic E-state index is 0.00799. The minimum atomic E-state index is -0.647. The third kappa shape index (κ3) is 3.40. The predicted molar refractivity (Wildman–Crippen MR) is 100 cm³/mol. The van der Waals surface area contributed by atoms with Gasteiger partial charge in [0.1, 0.15) is 11.5 Å². The van der Waals surface area contributed by atoms with Gasteiger partial charge in [-0.05, 0) is 72.0 Å². The summed E-state index contributed by atoms with van der Waals surface area (Å²) in [6.45, 7) is 9.63. The first-order valence-corrected chi connectivity index (χ1v) is 9.84. The number of aliphatic hydroxyl groups is 1. The molecule has 3 rings (SSSR count). The van der Waals surface area contributed by atoms with E-state index in [1.165, 1.54) is 38.2 Å². The van der Waals surface area contributed by atoms with Gasteiger partial charge in [0.2, 0.25) is 0 Å². The third-order valence-corrected chi connectivity index (χ3v) is 7.51. The molecule has 0 aliphatic heterocycles. The molecule has 2 aliphatic carbocycles. The van der Waals surface area contributed by atoms with Crippen molar-refractivity contribution in [3.05, 3.63) is 23.8 Å². The molecule has 5 atom stereocenters. The molecular formula is C22H34O3. The van der Waals surface area contributed by atoms with E-state index in [0.29, 0.717) is 35.2 Å². The van der Waals surface area contributed by atoms with E-state index >= 15 is 0 Å². The lowest BCUT2D eigenvalue weighted by atomic mass is 9.46. The van der Waals surface area contributed by atoms with E-state index in [4.69, 9.17) is 0 Å². The first kappa shape index (κ1) is 18.6. The van der Waals surface area contributed by atoms with Crippen molar-refractivity contribution in [1.82, 2.24) is 0 Å². The highest BCUT2D eigenvalue weighted by molar-refractivity contribution is 5.37. The van der Waals surface area contributed by atoms with Gasteiger partial charge >= 0.3 is 0 Å². The van der Waals surface area contributed by atoms with Gasteiger partial charge in [0, 0.05) is 6.07 Å². The Morgan fingerprint density at radius 3 is 2.32 bits per heavy atom. The Morgan fingerprint density at radius 2 is 1.68 bits per heavy atom. The van der Waals surface area contributed by atoms with E-state index in [0.717, 1.165) is 0 Å². The maximum Gasteiger partial charge on any atom is 0.119 e. The molecule has 0 spiro atoms. The fourth-order valence-corrected chi connectivity index (χ4v) is 6.30. The third-order valence-electron chi connectivity index (χ3n) is 7.51. The normalized spacial score (nSPS) is 35.8. The van der Waals surface area contributed by atoms with E-state index in [9.17, 15) is 15.3 Å². The van der Waals surface area contributed by atoms with Crippen LogP contribution >= 0.6 is 0 Å². The largest absolute Gasteiger partial charge is 0.508 e. The molecular weight excluding hydrogens is 312 g/mol. The topological polar surface area (TPSA) is 60.7 Å². The van der Waals surface area contributed by atoms with Crippen LogP contribution in [0.4, 0.5) is 0 Å². The van der Waals surface area contributed by atoms with Gasteiger partial charge in [-0.15, -0.1) is 0 Å². The lowest BCUT2D eigenvalue weighted by molar-refractivity contribution is -0.106. The molecule has 25 heavy (non-hydrogen) atoms. The molecule has 2 fully saturated rings. The molecule has 0 amide bonds. The zero-order valence-electron chi connectivity index (χ0n) is 16.1. The fourth-order valence-electron chi connectivity index (χ4n) is 6.30. The zero-order valence-corrected chi connectivity index (χ0v) is 16.1. The molecule has 2 saturated carbocycles. The maximum absolute atomic E-state index is 10.9. The summed E-state index contributed by atoms with van der Waals surface area (Å²) in [5.74, 6) is 1.78. The van der Waals surface area contributed by atoms with Crippen molar-refractivity contribution >= 4 is 0 Å². The van der Waals surface area contributed by atoms with Crippen molar-refractivity contribution in [3.63, 3.8) is 0 Å². The highest BCUT2D eigenvalue weighted by atomic mass is 16.3. The first-order chi connectivity index (χ1) is 11.6. The number of hydrogen-bond acceptors (Lipinski definition) is 3. The van der Waals surface area contributed by atoms with Crippen LogP contribution in [0.25, 0.3) is 0 Å². The van der Waals surface area contributed by atoms with Crippen molar-refractivity contribution in [2.24, 2.45) is 28.6 Å². The number of aromatic hydroxyl groups is 2. The zero-order chi connectivity index (χ0) is 18.4. The molecule has 1 unspecified atom stereocenters. The summed E-state index contributed by atoms with van der Waals surface area (Å²) in [5.41, 5.74) is 1.25. The molecule has 0 radical (unpaired) electrons. The molecule has 0 heterocycles. The molecule has 3 N–H and O–H groups in total. The highest BCUT2D eigenvalue weighted by Gasteiger charge is 2.53. The molecule has 3 heteroatoms. The van der Waals surface area contributed by atoms with Gasteiger partial charge in [-0.25, -0.2) is 0 Å². The van der Waals surface area contributed by atoms with Gasteiger partial charge in [0.25, 0.3) is 0 Å². The van der Waals surface area contributed by atoms with Gasteiger partial charge < -0.3 is 15.3 Å². The van der Waals surface area contributed by atoms with Crippen LogP contribution in [0.15, 0.2) is 18.2 Å². The molecule has 1 aromatic rings. The van der Waals surface area contributed by atoms with E-state index in [-0.39, 0.29) is 16.9 Å². The molecule has 140 valence electrons. The number of phenols is 2.